The highest BCUT2D eigenvalue weighted by Gasteiger charge is 2.30. The third-order valence-corrected chi connectivity index (χ3v) is 3.85. The van der Waals surface area contributed by atoms with Crippen molar-refractivity contribution in [1.82, 2.24) is 15.2 Å². The van der Waals surface area contributed by atoms with Gasteiger partial charge in [-0.3, -0.25) is 10.2 Å². The highest BCUT2D eigenvalue weighted by Crippen LogP contribution is 2.20. The van der Waals surface area contributed by atoms with Crippen molar-refractivity contribution in [3.63, 3.8) is 0 Å². The largest absolute Gasteiger partial charge is 0.305 e. The predicted molar refractivity (Wildman–Crippen MR) is 73.9 cm³/mol. The van der Waals surface area contributed by atoms with Crippen LogP contribution in [0.5, 0.6) is 0 Å². The molecule has 1 rings (SSSR count). The molecule has 1 heterocycles. The molecule has 0 aromatic carbocycles. The number of hydrogen-bond donors (Lipinski definition) is 2. The Morgan fingerprint density at radius 3 is 2.61 bits per heavy atom. The third kappa shape index (κ3) is 4.92. The van der Waals surface area contributed by atoms with Gasteiger partial charge in [0, 0.05) is 25.6 Å². The standard InChI is InChI=1S/C13H28N4O/c1-11-9-17(10-12(11)16(2)3)8-6-4-5-7-13(18)15-14/h11-12H,4-10,14H2,1-3H3,(H,15,18). The van der Waals surface area contributed by atoms with Gasteiger partial charge in [-0.25, -0.2) is 5.84 Å². The normalized spacial score (nSPS) is 24.7. The molecule has 1 aliphatic rings. The highest BCUT2D eigenvalue weighted by molar-refractivity contribution is 5.74. The van der Waals surface area contributed by atoms with Gasteiger partial charge in [-0.15, -0.1) is 0 Å². The molecule has 0 bridgehead atoms. The van der Waals surface area contributed by atoms with Gasteiger partial charge in [-0.05, 0) is 39.4 Å². The second kappa shape index (κ2) is 7.71. The quantitative estimate of drug-likeness (QED) is 0.300. The zero-order valence-electron chi connectivity index (χ0n) is 12.0. The molecule has 5 nitrogen and oxygen atoms in total. The summed E-state index contributed by atoms with van der Waals surface area (Å²) < 4.78 is 0. The lowest BCUT2D eigenvalue weighted by molar-refractivity contribution is -0.121. The van der Waals surface area contributed by atoms with Crippen LogP contribution in [0.25, 0.3) is 0 Å². The number of unbranched alkanes of at least 4 members (excludes halogenated alkanes) is 2. The van der Waals surface area contributed by atoms with Crippen molar-refractivity contribution in [1.29, 1.82) is 0 Å². The van der Waals surface area contributed by atoms with Gasteiger partial charge >= 0.3 is 0 Å². The van der Waals surface area contributed by atoms with Gasteiger partial charge in [0.15, 0.2) is 0 Å². The van der Waals surface area contributed by atoms with Gasteiger partial charge in [0.2, 0.25) is 5.91 Å². The Labute approximate surface area is 111 Å². The van der Waals surface area contributed by atoms with Crippen molar-refractivity contribution in [2.75, 3.05) is 33.7 Å². The Morgan fingerprint density at radius 2 is 2.06 bits per heavy atom. The summed E-state index contributed by atoms with van der Waals surface area (Å²) in [5.41, 5.74) is 2.17. The summed E-state index contributed by atoms with van der Waals surface area (Å²) in [6.45, 7) is 5.86. The molecule has 0 saturated carbocycles. The van der Waals surface area contributed by atoms with E-state index in [4.69, 9.17) is 5.84 Å². The molecule has 2 atom stereocenters. The smallest absolute Gasteiger partial charge is 0.233 e. The number of carbonyl (C=O) groups excluding carboxylic acids is 1. The van der Waals surface area contributed by atoms with Gasteiger partial charge in [0.1, 0.15) is 0 Å². The van der Waals surface area contributed by atoms with E-state index in [1.54, 1.807) is 0 Å². The average molecular weight is 256 g/mol. The number of likely N-dealkylation sites (N-methyl/N-ethyl adjacent to an activating group) is 1. The number of rotatable bonds is 7. The fraction of sp³-hybridized carbons (Fsp3) is 0.923. The van der Waals surface area contributed by atoms with Crippen LogP contribution in [0, 0.1) is 5.92 Å². The minimum Gasteiger partial charge on any atom is -0.305 e. The zero-order valence-corrected chi connectivity index (χ0v) is 12.0. The van der Waals surface area contributed by atoms with Crippen LogP contribution in [0.4, 0.5) is 0 Å². The summed E-state index contributed by atoms with van der Waals surface area (Å²) in [5, 5.41) is 0. The van der Waals surface area contributed by atoms with Gasteiger partial charge < -0.3 is 9.80 Å². The summed E-state index contributed by atoms with van der Waals surface area (Å²) in [6.07, 6.45) is 3.76. The van der Waals surface area contributed by atoms with Crippen LogP contribution in [-0.2, 0) is 4.79 Å². The lowest BCUT2D eigenvalue weighted by Crippen LogP contribution is -2.34. The molecule has 0 aromatic rings. The molecule has 18 heavy (non-hydrogen) atoms. The predicted octanol–water partition coefficient (Wildman–Crippen LogP) is 0.419. The Kier molecular flexibility index (Phi) is 6.60. The summed E-state index contributed by atoms with van der Waals surface area (Å²) in [4.78, 5) is 15.8. The van der Waals surface area contributed by atoms with E-state index in [2.05, 4.69) is 36.2 Å². The minimum atomic E-state index is -0.0579. The van der Waals surface area contributed by atoms with Crippen molar-refractivity contribution >= 4 is 5.91 Å². The number of amides is 1. The van der Waals surface area contributed by atoms with Crippen LogP contribution in [0.15, 0.2) is 0 Å². The summed E-state index contributed by atoms with van der Waals surface area (Å²) in [5.74, 6) is 5.73. The first-order valence-electron chi connectivity index (χ1n) is 6.92. The maximum Gasteiger partial charge on any atom is 0.233 e. The van der Waals surface area contributed by atoms with Gasteiger partial charge in [-0.2, -0.15) is 0 Å². The topological polar surface area (TPSA) is 61.6 Å². The molecule has 106 valence electrons. The lowest BCUT2D eigenvalue weighted by Gasteiger charge is -2.22. The third-order valence-electron chi connectivity index (χ3n) is 3.85. The highest BCUT2D eigenvalue weighted by atomic mass is 16.2. The number of nitrogens with zero attached hydrogens (tertiary/aromatic N) is 2. The molecule has 2 unspecified atom stereocenters. The second-order valence-electron chi connectivity index (χ2n) is 5.65. The van der Waals surface area contributed by atoms with E-state index in [1.807, 2.05) is 0 Å². The number of nitrogens with two attached hydrogens (primary N) is 1. The minimum absolute atomic E-state index is 0.0579. The number of carbonyl (C=O) groups is 1. The Balaban J connectivity index is 2.09. The van der Waals surface area contributed by atoms with E-state index in [9.17, 15) is 4.79 Å². The molecule has 1 fully saturated rings. The maximum atomic E-state index is 10.9. The van der Waals surface area contributed by atoms with Gasteiger partial charge in [0.25, 0.3) is 0 Å². The van der Waals surface area contributed by atoms with E-state index in [1.165, 1.54) is 19.5 Å². The van der Waals surface area contributed by atoms with Gasteiger partial charge in [-0.1, -0.05) is 13.3 Å². The van der Waals surface area contributed by atoms with Crippen LogP contribution < -0.4 is 11.3 Å². The van der Waals surface area contributed by atoms with Crippen molar-refractivity contribution in [3.8, 4) is 0 Å². The Bertz CT molecular complexity index is 257. The number of hydrazine groups is 1. The van der Waals surface area contributed by atoms with E-state index in [0.717, 1.165) is 25.3 Å². The van der Waals surface area contributed by atoms with Crippen molar-refractivity contribution in [2.45, 2.75) is 38.6 Å². The summed E-state index contributed by atoms with van der Waals surface area (Å²) >= 11 is 0. The van der Waals surface area contributed by atoms with Crippen LogP contribution in [0.1, 0.15) is 32.6 Å². The van der Waals surface area contributed by atoms with E-state index in [0.29, 0.717) is 12.5 Å². The molecule has 1 saturated heterocycles. The molecule has 0 aliphatic carbocycles. The molecule has 3 N–H and O–H groups in total. The van der Waals surface area contributed by atoms with Crippen molar-refractivity contribution < 1.29 is 4.79 Å². The summed E-state index contributed by atoms with van der Waals surface area (Å²) in [6, 6.07) is 0.688. The molecule has 0 aromatic heterocycles. The first kappa shape index (κ1) is 15.4. The molecule has 0 radical (unpaired) electrons. The molecule has 1 aliphatic heterocycles. The average Bonchev–Trinajstić information content (AvgIpc) is 2.70. The van der Waals surface area contributed by atoms with Crippen molar-refractivity contribution in [3.05, 3.63) is 0 Å². The fourth-order valence-corrected chi connectivity index (χ4v) is 2.77. The summed E-state index contributed by atoms with van der Waals surface area (Å²) in [7, 11) is 4.33. The first-order valence-corrected chi connectivity index (χ1v) is 6.92. The van der Waals surface area contributed by atoms with Crippen LogP contribution in [0.2, 0.25) is 0 Å². The number of nitrogens with one attached hydrogen (secondary N) is 1. The monoisotopic (exact) mass is 256 g/mol. The van der Waals surface area contributed by atoms with Crippen LogP contribution >= 0.6 is 0 Å². The zero-order chi connectivity index (χ0) is 13.5. The number of likely N-dealkylation sites (tertiary alicyclic amines) is 1. The van der Waals surface area contributed by atoms with Gasteiger partial charge in [0.05, 0.1) is 0 Å². The molecular formula is C13H28N4O. The lowest BCUT2D eigenvalue weighted by atomic mass is 10.1. The molecule has 1 amide bonds. The fourth-order valence-electron chi connectivity index (χ4n) is 2.77. The number of hydrogen-bond acceptors (Lipinski definition) is 4. The molecular weight excluding hydrogens is 228 g/mol. The molecule has 0 spiro atoms. The van der Waals surface area contributed by atoms with Crippen LogP contribution in [0.3, 0.4) is 0 Å². The van der Waals surface area contributed by atoms with E-state index < -0.39 is 0 Å². The maximum absolute atomic E-state index is 10.9. The van der Waals surface area contributed by atoms with E-state index in [-0.39, 0.29) is 5.91 Å². The first-order chi connectivity index (χ1) is 8.54. The Hall–Kier alpha value is -0.650. The Morgan fingerprint density at radius 1 is 1.33 bits per heavy atom. The van der Waals surface area contributed by atoms with Crippen molar-refractivity contribution in [2.24, 2.45) is 11.8 Å². The van der Waals surface area contributed by atoms with Crippen LogP contribution in [-0.4, -0.2) is 55.5 Å². The second-order valence-corrected chi connectivity index (χ2v) is 5.65. The molecule has 5 heteroatoms. The van der Waals surface area contributed by atoms with E-state index >= 15 is 0 Å². The SMILES string of the molecule is CC1CN(CCCCCC(=O)NN)CC1N(C)C.